The van der Waals surface area contributed by atoms with Crippen LogP contribution in [-0.4, -0.2) is 54.8 Å². The highest BCUT2D eigenvalue weighted by molar-refractivity contribution is 14.1. The Kier molecular flexibility index (Phi) is 14.5. The summed E-state index contributed by atoms with van der Waals surface area (Å²) in [5, 5.41) is -5.81. The number of halogens is 10. The van der Waals surface area contributed by atoms with Crippen LogP contribution in [0.3, 0.4) is 0 Å². The molecule has 0 saturated heterocycles. The molecule has 0 aliphatic heterocycles. The molecule has 20 heteroatoms. The molecule has 1 atom stereocenters. The Labute approximate surface area is 342 Å². The van der Waals surface area contributed by atoms with Gasteiger partial charge in [-0.05, 0) is 180 Å². The summed E-state index contributed by atoms with van der Waals surface area (Å²) in [7, 11) is -6.45. The highest BCUT2D eigenvalue weighted by Gasteiger charge is 2.65. The third-order valence-corrected chi connectivity index (χ3v) is 16.4. The second kappa shape index (κ2) is 16.3. The maximum absolute atomic E-state index is 13.8. The van der Waals surface area contributed by atoms with Crippen LogP contribution in [0.2, 0.25) is 0 Å². The van der Waals surface area contributed by atoms with E-state index < -0.39 is 58.3 Å². The molecule has 9 nitrogen and oxygen atoms in total. The smallest absolute Gasteiger partial charge is 0.431 e. The molecule has 1 N–H and O–H groups in total. The van der Waals surface area contributed by atoms with E-state index in [-0.39, 0.29) is 26.0 Å². The van der Waals surface area contributed by atoms with Crippen molar-refractivity contribution in [1.82, 2.24) is 0 Å². The summed E-state index contributed by atoms with van der Waals surface area (Å²) in [6.45, 7) is 0.598. The Morgan fingerprint density at radius 3 is 2.00 bits per heavy atom. The molecule has 0 fully saturated rings. The van der Waals surface area contributed by atoms with Gasteiger partial charge in [0.05, 0.1) is 33.3 Å². The van der Waals surface area contributed by atoms with E-state index in [0.29, 0.717) is 20.7 Å². The van der Waals surface area contributed by atoms with E-state index in [0.717, 1.165) is 28.1 Å². The Balaban J connectivity index is 1.90. The van der Waals surface area contributed by atoms with Gasteiger partial charge in [0.1, 0.15) is 11.9 Å². The van der Waals surface area contributed by atoms with E-state index in [4.69, 9.17) is 14.0 Å². The van der Waals surface area contributed by atoms with E-state index in [1.54, 1.807) is 22.6 Å². The van der Waals surface area contributed by atoms with Gasteiger partial charge >= 0.3 is 39.2 Å². The van der Waals surface area contributed by atoms with Gasteiger partial charge in [-0.25, -0.2) is 14.4 Å². The van der Waals surface area contributed by atoms with Crippen molar-refractivity contribution in [3.8, 4) is 5.75 Å². The van der Waals surface area contributed by atoms with Gasteiger partial charge in [-0.3, -0.25) is 4.55 Å². The van der Waals surface area contributed by atoms with Gasteiger partial charge in [-0.15, -0.1) is 0 Å². The maximum atomic E-state index is 13.8. The van der Waals surface area contributed by atoms with E-state index in [9.17, 15) is 40.4 Å². The van der Waals surface area contributed by atoms with Crippen molar-refractivity contribution in [2.45, 2.75) is 49.9 Å². The molecule has 0 heterocycles. The van der Waals surface area contributed by atoms with Gasteiger partial charge in [0.25, 0.3) is 0 Å². The monoisotopic (exact) mass is 1340 g/mol. The average Bonchev–Trinajstić information content (AvgIpc) is 2.94. The van der Waals surface area contributed by atoms with Gasteiger partial charge in [0, 0.05) is 17.9 Å². The molecule has 0 aromatic heterocycles. The Morgan fingerprint density at radius 2 is 1.46 bits per heavy atom. The first-order valence-corrected chi connectivity index (χ1v) is 20.4. The number of carbonyl (C=O) groups excluding carboxylic acids is 3. The predicted molar refractivity (Wildman–Crippen MR) is 207 cm³/mol. The largest absolute Gasteiger partial charge is 0.462 e. The molecule has 1 unspecified atom stereocenters. The van der Waals surface area contributed by atoms with Crippen molar-refractivity contribution in [1.29, 1.82) is 0 Å². The first kappa shape index (κ1) is 41.0. The number of benzene rings is 2. The summed E-state index contributed by atoms with van der Waals surface area (Å²) in [5.41, 5.74) is 0.725. The number of rotatable bonds is 10. The van der Waals surface area contributed by atoms with Crippen LogP contribution in [0, 0.1) is 21.4 Å². The van der Waals surface area contributed by atoms with Crippen LogP contribution < -0.4 is 4.74 Å². The topological polar surface area (TPSA) is 133 Å². The summed E-state index contributed by atoms with van der Waals surface area (Å²) in [6.07, 6.45) is 1.82. The normalized spacial score (nSPS) is 15.7. The third kappa shape index (κ3) is 9.28. The number of alkyl halides is 4. The summed E-state index contributed by atoms with van der Waals surface area (Å²) < 4.78 is 103. The van der Waals surface area contributed by atoms with Gasteiger partial charge in [0.2, 0.25) is 0 Å². The zero-order valence-corrected chi connectivity index (χ0v) is 36.5. The second-order valence-corrected chi connectivity index (χ2v) is 17.7. The highest BCUT2D eigenvalue weighted by Crippen LogP contribution is 2.41. The van der Waals surface area contributed by atoms with Crippen LogP contribution in [0.15, 0.2) is 23.8 Å². The zero-order valence-electron chi connectivity index (χ0n) is 22.7. The molecule has 1 aliphatic rings. The van der Waals surface area contributed by atoms with Gasteiger partial charge in [0.15, 0.2) is 0 Å². The van der Waals surface area contributed by atoms with Gasteiger partial charge < -0.3 is 14.2 Å². The number of hydrogen-bond acceptors (Lipinski definition) is 8. The minimum Gasteiger partial charge on any atom is -0.462 e. The lowest BCUT2D eigenvalue weighted by atomic mass is 9.98. The van der Waals surface area contributed by atoms with Crippen LogP contribution in [-0.2, 0) is 19.6 Å². The van der Waals surface area contributed by atoms with E-state index in [2.05, 4.69) is 27.3 Å². The minimum absolute atomic E-state index is 0.000723. The van der Waals surface area contributed by atoms with Crippen LogP contribution in [0.25, 0.3) is 0 Å². The maximum Gasteiger partial charge on any atom is 0.431 e. The summed E-state index contributed by atoms with van der Waals surface area (Å²) in [6, 6.07) is 2.48. The molecular weight excluding hydrogens is 1330 g/mol. The molecule has 2 aromatic rings. The number of esters is 3. The fourth-order valence-electron chi connectivity index (χ4n) is 3.97. The van der Waals surface area contributed by atoms with Crippen molar-refractivity contribution < 1.29 is 59.1 Å². The molecule has 46 heavy (non-hydrogen) atoms. The lowest BCUT2D eigenvalue weighted by molar-refractivity contribution is -0.168. The average molecular weight is 1340 g/mol. The van der Waals surface area contributed by atoms with Crippen molar-refractivity contribution in [2.75, 3.05) is 6.61 Å². The molecule has 3 rings (SSSR count). The fourth-order valence-corrected chi connectivity index (χ4v) is 9.94. The molecule has 0 bridgehead atoms. The lowest BCUT2D eigenvalue weighted by Gasteiger charge is -2.23. The minimum atomic E-state index is -6.45. The molecule has 0 radical (unpaired) electrons. The number of hydrogen-bond donors (Lipinski definition) is 1. The molecular formula is C26H18F4I6O9S. The van der Waals surface area contributed by atoms with Crippen molar-refractivity contribution >= 4 is 164 Å². The van der Waals surface area contributed by atoms with E-state index in [1.807, 2.05) is 103 Å². The van der Waals surface area contributed by atoms with Crippen LogP contribution in [0.5, 0.6) is 5.75 Å². The van der Waals surface area contributed by atoms with Gasteiger partial charge in [-0.2, -0.15) is 26.0 Å². The Hall–Kier alpha value is 0.600. The van der Waals surface area contributed by atoms with Crippen molar-refractivity contribution in [2.24, 2.45) is 0 Å². The second-order valence-electron chi connectivity index (χ2n) is 9.59. The molecule has 2 aromatic carbocycles. The molecule has 252 valence electrons. The molecule has 1 aliphatic carbocycles. The van der Waals surface area contributed by atoms with Crippen LogP contribution in [0.1, 0.15) is 63.7 Å². The van der Waals surface area contributed by atoms with Gasteiger partial charge in [-0.1, -0.05) is 5.57 Å². The fraction of sp³-hybridized carbons (Fsp3) is 0.346. The summed E-state index contributed by atoms with van der Waals surface area (Å²) in [5.74, 6) is -8.37. The van der Waals surface area contributed by atoms with E-state index in [1.165, 1.54) is 6.07 Å². The number of allylic oxidation sites excluding steroid dienone is 1. The SMILES string of the molecule is CC1=CC(OC(=O)c2c(I)c(I)c(I)c(I)c2C(=O)Oc2cc(C(=O)OCCC(F)(F)C(F)(F)S(=O)(=O)O)c(I)cc2I)CCC1. The number of carbonyl (C=O) groups is 3. The number of ether oxygens (including phenoxy) is 3. The van der Waals surface area contributed by atoms with Crippen molar-refractivity contribution in [3.63, 3.8) is 0 Å². The van der Waals surface area contributed by atoms with E-state index >= 15 is 0 Å². The predicted octanol–water partition coefficient (Wildman–Crippen LogP) is 8.85. The molecule has 0 spiro atoms. The highest BCUT2D eigenvalue weighted by atomic mass is 127. The first-order chi connectivity index (χ1) is 21.1. The third-order valence-electron chi connectivity index (χ3n) is 6.31. The summed E-state index contributed by atoms with van der Waals surface area (Å²) >= 11 is 11.5. The first-order valence-electron chi connectivity index (χ1n) is 12.5. The Morgan fingerprint density at radius 1 is 0.891 bits per heavy atom. The lowest BCUT2D eigenvalue weighted by Crippen LogP contribution is -2.47. The Bertz CT molecular complexity index is 1730. The van der Waals surface area contributed by atoms with Crippen LogP contribution >= 0.6 is 136 Å². The summed E-state index contributed by atoms with van der Waals surface area (Å²) in [4.78, 5) is 39.9. The van der Waals surface area contributed by atoms with Crippen LogP contribution in [0.4, 0.5) is 17.6 Å². The zero-order chi connectivity index (χ0) is 34.9. The standard InChI is InChI=1S/C26H18F4I6O9S/c1-10-3-2-4-11(7-10)44-23(38)16-17(19(34)21(36)20(35)18(16)33)24(39)45-15-8-12(13(31)9-14(15)32)22(37)43-6-5-25(27,28)26(29,30)46(40,41)42/h7-9,11H,2-6H2,1H3,(H,40,41,42). The van der Waals surface area contributed by atoms with Crippen molar-refractivity contribution in [3.05, 3.63) is 61.9 Å². The molecule has 0 amide bonds. The molecule has 0 saturated carbocycles. The quantitative estimate of drug-likeness (QED) is 0.0362.